The minimum atomic E-state index is -1.40. The van der Waals surface area contributed by atoms with Gasteiger partial charge in [0.1, 0.15) is 18.1 Å². The van der Waals surface area contributed by atoms with E-state index in [1.807, 2.05) is 6.26 Å². The highest BCUT2D eigenvalue weighted by molar-refractivity contribution is 7.98. The van der Waals surface area contributed by atoms with Gasteiger partial charge in [-0.2, -0.15) is 11.8 Å². The van der Waals surface area contributed by atoms with Gasteiger partial charge in [0, 0.05) is 12.8 Å². The zero-order chi connectivity index (χ0) is 26.4. The zero-order valence-corrected chi connectivity index (χ0v) is 20.4. The molecule has 9 N–H and O–H groups in total. The van der Waals surface area contributed by atoms with Gasteiger partial charge in [0.25, 0.3) is 0 Å². The van der Waals surface area contributed by atoms with Crippen LogP contribution in [-0.4, -0.2) is 82.0 Å². The van der Waals surface area contributed by atoms with Crippen molar-refractivity contribution in [3.8, 4) is 0 Å². The number of carboxylic acid groups (broad SMARTS) is 2. The molecule has 0 aromatic rings. The minimum Gasteiger partial charge on any atom is -0.481 e. The van der Waals surface area contributed by atoms with Crippen LogP contribution >= 0.6 is 11.8 Å². The van der Waals surface area contributed by atoms with Crippen molar-refractivity contribution in [1.82, 2.24) is 16.0 Å². The summed E-state index contributed by atoms with van der Waals surface area (Å²) in [5.41, 5.74) is 11.0. The van der Waals surface area contributed by atoms with Crippen LogP contribution in [0.25, 0.3) is 0 Å². The summed E-state index contributed by atoms with van der Waals surface area (Å²) in [4.78, 5) is 71.6. The van der Waals surface area contributed by atoms with E-state index in [2.05, 4.69) is 16.0 Å². The number of carboxylic acids is 2. The van der Waals surface area contributed by atoms with Crippen LogP contribution in [0.5, 0.6) is 0 Å². The second-order valence-electron chi connectivity index (χ2n) is 8.02. The molecule has 0 radical (unpaired) electrons. The molecule has 0 aromatic carbocycles. The topological polar surface area (TPSA) is 231 Å². The van der Waals surface area contributed by atoms with Crippen LogP contribution in [0.3, 0.4) is 0 Å². The summed E-state index contributed by atoms with van der Waals surface area (Å²) in [5.74, 6) is -5.54. The Morgan fingerprint density at radius 3 is 1.76 bits per heavy atom. The average Bonchev–Trinajstić information content (AvgIpc) is 2.74. The molecule has 4 atom stereocenters. The molecule has 0 fully saturated rings. The second kappa shape index (κ2) is 15.9. The lowest BCUT2D eigenvalue weighted by Gasteiger charge is -2.25. The molecule has 34 heavy (non-hydrogen) atoms. The Kier molecular flexibility index (Phi) is 14.5. The lowest BCUT2D eigenvalue weighted by molar-refractivity contribution is -0.144. The first kappa shape index (κ1) is 31.1. The van der Waals surface area contributed by atoms with Crippen LogP contribution in [0.2, 0.25) is 0 Å². The van der Waals surface area contributed by atoms with E-state index in [1.54, 1.807) is 13.8 Å². The van der Waals surface area contributed by atoms with Crippen LogP contribution < -0.4 is 27.4 Å². The van der Waals surface area contributed by atoms with Gasteiger partial charge >= 0.3 is 11.9 Å². The number of primary amides is 1. The normalized spacial score (nSPS) is 14.4. The third kappa shape index (κ3) is 12.4. The van der Waals surface area contributed by atoms with Gasteiger partial charge in [-0.3, -0.25) is 24.0 Å². The number of rotatable bonds is 17. The Morgan fingerprint density at radius 2 is 1.32 bits per heavy atom. The van der Waals surface area contributed by atoms with Crippen LogP contribution in [0.1, 0.15) is 46.0 Å². The number of hydrogen-bond donors (Lipinski definition) is 7. The number of amides is 4. The van der Waals surface area contributed by atoms with Crippen molar-refractivity contribution < 1.29 is 39.0 Å². The molecule has 4 unspecified atom stereocenters. The fourth-order valence-corrected chi connectivity index (χ4v) is 3.28. The van der Waals surface area contributed by atoms with Crippen LogP contribution in [0, 0.1) is 5.92 Å². The SMILES string of the molecule is CSCCC(N)C(=O)NC(CCC(N)=O)C(=O)NC(CCC(=O)O)C(=O)NC(C(=O)O)C(C)C. The molecule has 13 nitrogen and oxygen atoms in total. The summed E-state index contributed by atoms with van der Waals surface area (Å²) >= 11 is 1.48. The molecule has 0 heterocycles. The Morgan fingerprint density at radius 1 is 0.824 bits per heavy atom. The number of hydrogen-bond acceptors (Lipinski definition) is 8. The number of aliphatic carboxylic acids is 2. The van der Waals surface area contributed by atoms with Gasteiger partial charge in [0.15, 0.2) is 0 Å². The molecule has 0 saturated carbocycles. The number of thioether (sulfide) groups is 1. The molecule has 0 aliphatic carbocycles. The molecule has 4 amide bonds. The van der Waals surface area contributed by atoms with Gasteiger partial charge in [0.2, 0.25) is 23.6 Å². The van der Waals surface area contributed by atoms with Crippen LogP contribution in [0.15, 0.2) is 0 Å². The first-order valence-corrected chi connectivity index (χ1v) is 12.1. The lowest BCUT2D eigenvalue weighted by Crippen LogP contribution is -2.57. The molecule has 194 valence electrons. The van der Waals surface area contributed by atoms with Crippen molar-refractivity contribution in [2.24, 2.45) is 17.4 Å². The number of nitrogens with one attached hydrogen (secondary N) is 3. The smallest absolute Gasteiger partial charge is 0.326 e. The Balaban J connectivity index is 5.58. The van der Waals surface area contributed by atoms with Crippen molar-refractivity contribution in [2.45, 2.75) is 70.1 Å². The highest BCUT2D eigenvalue weighted by Crippen LogP contribution is 2.07. The first-order chi connectivity index (χ1) is 15.8. The molecule has 14 heteroatoms. The summed E-state index contributed by atoms with van der Waals surface area (Å²) in [6.07, 6.45) is 0.922. The fourth-order valence-electron chi connectivity index (χ4n) is 2.79. The van der Waals surface area contributed by atoms with Crippen molar-refractivity contribution in [3.05, 3.63) is 0 Å². The number of carbonyl (C=O) groups excluding carboxylic acids is 4. The van der Waals surface area contributed by atoms with E-state index in [0.717, 1.165) is 0 Å². The van der Waals surface area contributed by atoms with Crippen LogP contribution in [-0.2, 0) is 28.8 Å². The molecule has 0 aliphatic rings. The number of nitrogens with two attached hydrogens (primary N) is 2. The van der Waals surface area contributed by atoms with Crippen molar-refractivity contribution in [2.75, 3.05) is 12.0 Å². The Labute approximate surface area is 202 Å². The average molecular weight is 506 g/mol. The van der Waals surface area contributed by atoms with Crippen molar-refractivity contribution >= 4 is 47.3 Å². The predicted molar refractivity (Wildman–Crippen MR) is 125 cm³/mol. The van der Waals surface area contributed by atoms with Crippen molar-refractivity contribution in [3.63, 3.8) is 0 Å². The maximum absolute atomic E-state index is 12.9. The predicted octanol–water partition coefficient (Wildman–Crippen LogP) is -1.61. The van der Waals surface area contributed by atoms with E-state index in [1.165, 1.54) is 11.8 Å². The van der Waals surface area contributed by atoms with Gasteiger partial charge in [-0.1, -0.05) is 13.8 Å². The standard InChI is InChI=1S/C20H35N5O8S/c1-10(2)16(20(32)33)25-19(31)13(5-7-15(27)28)24-18(30)12(4-6-14(22)26)23-17(29)11(21)8-9-34-3/h10-13,16H,4-9,21H2,1-3H3,(H2,22,26)(H,23,29)(H,24,30)(H,25,31)(H,27,28)(H,32,33). The third-order valence-electron chi connectivity index (χ3n) is 4.79. The summed E-state index contributed by atoms with van der Waals surface area (Å²) in [7, 11) is 0. The monoisotopic (exact) mass is 505 g/mol. The maximum atomic E-state index is 12.9. The van der Waals surface area contributed by atoms with Gasteiger partial charge < -0.3 is 37.6 Å². The summed E-state index contributed by atoms with van der Waals surface area (Å²) in [5, 5.41) is 25.3. The zero-order valence-electron chi connectivity index (χ0n) is 19.5. The molecule has 0 bridgehead atoms. The second-order valence-corrected chi connectivity index (χ2v) is 9.00. The molecule has 0 spiro atoms. The van der Waals surface area contributed by atoms with Gasteiger partial charge in [-0.15, -0.1) is 0 Å². The molecular weight excluding hydrogens is 470 g/mol. The molecule has 0 aliphatic heterocycles. The van der Waals surface area contributed by atoms with Gasteiger partial charge in [-0.05, 0) is 37.2 Å². The number of carbonyl (C=O) groups is 6. The third-order valence-corrected chi connectivity index (χ3v) is 5.44. The fraction of sp³-hybridized carbons (Fsp3) is 0.700. The first-order valence-electron chi connectivity index (χ1n) is 10.7. The summed E-state index contributed by atoms with van der Waals surface area (Å²) < 4.78 is 0. The van der Waals surface area contributed by atoms with E-state index in [9.17, 15) is 33.9 Å². The van der Waals surface area contributed by atoms with E-state index in [4.69, 9.17) is 16.6 Å². The molecule has 0 saturated heterocycles. The Bertz CT molecular complexity index is 748. The van der Waals surface area contributed by atoms with E-state index in [0.29, 0.717) is 12.2 Å². The lowest BCUT2D eigenvalue weighted by atomic mass is 10.0. The molecule has 0 aromatic heterocycles. The quantitative estimate of drug-likeness (QED) is 0.119. The molecular formula is C20H35N5O8S. The van der Waals surface area contributed by atoms with E-state index >= 15 is 0 Å². The van der Waals surface area contributed by atoms with Crippen molar-refractivity contribution in [1.29, 1.82) is 0 Å². The van der Waals surface area contributed by atoms with E-state index < -0.39 is 72.1 Å². The van der Waals surface area contributed by atoms with E-state index in [-0.39, 0.29) is 19.3 Å². The summed E-state index contributed by atoms with van der Waals surface area (Å²) in [6, 6.07) is -4.86. The van der Waals surface area contributed by atoms with Gasteiger partial charge in [-0.25, -0.2) is 4.79 Å². The highest BCUT2D eigenvalue weighted by atomic mass is 32.2. The Hall–Kier alpha value is -2.87. The molecule has 0 rings (SSSR count). The van der Waals surface area contributed by atoms with Crippen LogP contribution in [0.4, 0.5) is 0 Å². The highest BCUT2D eigenvalue weighted by Gasteiger charge is 2.31. The maximum Gasteiger partial charge on any atom is 0.326 e. The summed E-state index contributed by atoms with van der Waals surface area (Å²) in [6.45, 7) is 3.14. The van der Waals surface area contributed by atoms with Gasteiger partial charge in [0.05, 0.1) is 6.04 Å². The largest absolute Gasteiger partial charge is 0.481 e. The minimum absolute atomic E-state index is 0.181.